The van der Waals surface area contributed by atoms with E-state index < -0.39 is 0 Å². The monoisotopic (exact) mass is 548 g/mol. The minimum absolute atomic E-state index is 0.921. The van der Waals surface area contributed by atoms with Gasteiger partial charge in [-0.1, -0.05) is 109 Å². The molecule has 2 heteroatoms. The Balaban J connectivity index is 1.32. The van der Waals surface area contributed by atoms with Gasteiger partial charge in [0.2, 0.25) is 0 Å². The standard InChI is InChI=1S/C41H28N2/c1-27-15-16-28-17-18-31(24-34(28)22-27)41-37-13-4-2-11-35(37)40(36-12-3-5-14-38(36)41)30-9-6-8-29(23-30)32-19-20-39(43-26-32)33-10-7-21-42-25-33/h2-26H,1H3. The number of fused-ring (bicyclic) bond motifs is 3. The topological polar surface area (TPSA) is 25.8 Å². The largest absolute Gasteiger partial charge is 0.264 e. The van der Waals surface area contributed by atoms with Crippen molar-refractivity contribution in [3.8, 4) is 44.6 Å². The van der Waals surface area contributed by atoms with Crippen LogP contribution in [0.2, 0.25) is 0 Å². The molecule has 0 radical (unpaired) electrons. The smallest absolute Gasteiger partial charge is 0.0717 e. The average Bonchev–Trinajstić information content (AvgIpc) is 3.07. The Morgan fingerprint density at radius 3 is 1.70 bits per heavy atom. The van der Waals surface area contributed by atoms with Gasteiger partial charge in [-0.15, -0.1) is 0 Å². The number of benzene rings is 6. The molecule has 43 heavy (non-hydrogen) atoms. The van der Waals surface area contributed by atoms with Crippen LogP contribution < -0.4 is 0 Å². The Kier molecular flexibility index (Phi) is 6.05. The number of hydrogen-bond acceptors (Lipinski definition) is 2. The van der Waals surface area contributed by atoms with Crippen molar-refractivity contribution in [1.82, 2.24) is 9.97 Å². The Labute approximate surface area is 251 Å². The van der Waals surface area contributed by atoms with Gasteiger partial charge in [0.05, 0.1) is 5.69 Å². The third kappa shape index (κ3) is 4.45. The van der Waals surface area contributed by atoms with Crippen LogP contribution >= 0.6 is 0 Å². The van der Waals surface area contributed by atoms with E-state index in [4.69, 9.17) is 4.98 Å². The molecule has 0 bridgehead atoms. The molecule has 2 heterocycles. The van der Waals surface area contributed by atoms with Gasteiger partial charge in [-0.25, -0.2) is 0 Å². The van der Waals surface area contributed by atoms with E-state index in [1.807, 2.05) is 24.5 Å². The molecule has 2 nitrogen and oxygen atoms in total. The summed E-state index contributed by atoms with van der Waals surface area (Å²) >= 11 is 0. The van der Waals surface area contributed by atoms with Crippen LogP contribution in [0, 0.1) is 6.92 Å². The molecule has 0 aliphatic carbocycles. The van der Waals surface area contributed by atoms with Gasteiger partial charge in [-0.3, -0.25) is 9.97 Å². The Morgan fingerprint density at radius 2 is 1.05 bits per heavy atom. The number of aryl methyl sites for hydroxylation is 1. The molecule has 8 rings (SSSR count). The summed E-state index contributed by atoms with van der Waals surface area (Å²) in [7, 11) is 0. The van der Waals surface area contributed by atoms with Gasteiger partial charge in [-0.2, -0.15) is 0 Å². The summed E-state index contributed by atoms with van der Waals surface area (Å²) < 4.78 is 0. The quantitative estimate of drug-likeness (QED) is 0.204. The van der Waals surface area contributed by atoms with Gasteiger partial charge in [-0.05, 0) is 97.4 Å². The van der Waals surface area contributed by atoms with Crippen LogP contribution in [-0.2, 0) is 0 Å². The van der Waals surface area contributed by atoms with E-state index >= 15 is 0 Å². The fraction of sp³-hybridized carbons (Fsp3) is 0.0244. The molecule has 0 amide bonds. The van der Waals surface area contributed by atoms with Gasteiger partial charge in [0.25, 0.3) is 0 Å². The predicted molar refractivity (Wildman–Crippen MR) is 181 cm³/mol. The number of aromatic nitrogens is 2. The Morgan fingerprint density at radius 1 is 0.419 bits per heavy atom. The summed E-state index contributed by atoms with van der Waals surface area (Å²) in [5, 5.41) is 7.56. The van der Waals surface area contributed by atoms with E-state index in [9.17, 15) is 0 Å². The number of rotatable bonds is 4. The minimum atomic E-state index is 0.921. The third-order valence-electron chi connectivity index (χ3n) is 8.42. The highest BCUT2D eigenvalue weighted by Crippen LogP contribution is 2.44. The highest BCUT2D eigenvalue weighted by Gasteiger charge is 2.17. The van der Waals surface area contributed by atoms with Crippen LogP contribution in [0.5, 0.6) is 0 Å². The Bertz CT molecular complexity index is 2230. The van der Waals surface area contributed by atoms with Crippen LogP contribution in [0.4, 0.5) is 0 Å². The summed E-state index contributed by atoms with van der Waals surface area (Å²) in [5.41, 5.74) is 10.4. The van der Waals surface area contributed by atoms with E-state index in [0.29, 0.717) is 0 Å². The van der Waals surface area contributed by atoms with E-state index in [2.05, 4.69) is 133 Å². The van der Waals surface area contributed by atoms with Crippen molar-refractivity contribution < 1.29 is 0 Å². The van der Waals surface area contributed by atoms with E-state index in [-0.39, 0.29) is 0 Å². The molecule has 0 aliphatic heterocycles. The molecule has 0 aliphatic rings. The number of pyridine rings is 2. The van der Waals surface area contributed by atoms with Crippen LogP contribution in [0.25, 0.3) is 77.0 Å². The van der Waals surface area contributed by atoms with Gasteiger partial charge in [0.15, 0.2) is 0 Å². The van der Waals surface area contributed by atoms with E-state index in [0.717, 1.165) is 22.4 Å². The lowest BCUT2D eigenvalue weighted by Gasteiger charge is -2.18. The molecule has 0 spiro atoms. The van der Waals surface area contributed by atoms with Gasteiger partial charge >= 0.3 is 0 Å². The maximum Gasteiger partial charge on any atom is 0.0717 e. The second-order valence-corrected chi connectivity index (χ2v) is 11.2. The lowest BCUT2D eigenvalue weighted by atomic mass is 9.85. The molecule has 0 atom stereocenters. The first-order valence-electron chi connectivity index (χ1n) is 14.6. The maximum absolute atomic E-state index is 4.76. The molecule has 0 N–H and O–H groups in total. The fourth-order valence-electron chi connectivity index (χ4n) is 6.38. The van der Waals surface area contributed by atoms with Crippen LogP contribution in [-0.4, -0.2) is 9.97 Å². The summed E-state index contributed by atoms with van der Waals surface area (Å²) in [6.07, 6.45) is 5.59. The molecule has 2 aromatic heterocycles. The number of hydrogen-bond donors (Lipinski definition) is 0. The van der Waals surface area contributed by atoms with E-state index in [1.54, 1.807) is 6.20 Å². The first kappa shape index (κ1) is 25.1. The molecule has 0 fully saturated rings. The SMILES string of the molecule is Cc1ccc2ccc(-c3c4ccccc4c(-c4cccc(-c5ccc(-c6cccnc6)nc5)c4)c4ccccc34)cc2c1. The molecule has 202 valence electrons. The molecular weight excluding hydrogens is 520 g/mol. The van der Waals surface area contributed by atoms with Gasteiger partial charge in [0, 0.05) is 29.7 Å². The third-order valence-corrected chi connectivity index (χ3v) is 8.42. The second kappa shape index (κ2) is 10.3. The van der Waals surface area contributed by atoms with Gasteiger partial charge < -0.3 is 0 Å². The lowest BCUT2D eigenvalue weighted by molar-refractivity contribution is 1.28. The summed E-state index contributed by atoms with van der Waals surface area (Å²) in [6.45, 7) is 2.16. The average molecular weight is 549 g/mol. The van der Waals surface area contributed by atoms with Crippen molar-refractivity contribution in [2.45, 2.75) is 6.92 Å². The molecular formula is C41H28N2. The summed E-state index contributed by atoms with van der Waals surface area (Å²) in [5.74, 6) is 0. The van der Waals surface area contributed by atoms with Crippen molar-refractivity contribution in [3.05, 3.63) is 158 Å². The lowest BCUT2D eigenvalue weighted by Crippen LogP contribution is -1.91. The normalized spacial score (nSPS) is 11.4. The van der Waals surface area contributed by atoms with Crippen LogP contribution in [0.15, 0.2) is 152 Å². The zero-order valence-electron chi connectivity index (χ0n) is 23.8. The maximum atomic E-state index is 4.76. The van der Waals surface area contributed by atoms with Crippen molar-refractivity contribution in [1.29, 1.82) is 0 Å². The highest BCUT2D eigenvalue weighted by molar-refractivity contribution is 6.21. The van der Waals surface area contributed by atoms with Crippen LogP contribution in [0.1, 0.15) is 5.56 Å². The zero-order valence-corrected chi connectivity index (χ0v) is 23.8. The van der Waals surface area contributed by atoms with Crippen molar-refractivity contribution >= 4 is 32.3 Å². The first-order chi connectivity index (χ1) is 21.2. The van der Waals surface area contributed by atoms with Crippen molar-refractivity contribution in [2.24, 2.45) is 0 Å². The molecule has 0 saturated heterocycles. The zero-order chi connectivity index (χ0) is 28.8. The minimum Gasteiger partial charge on any atom is -0.264 e. The molecule has 0 saturated carbocycles. The van der Waals surface area contributed by atoms with Crippen LogP contribution in [0.3, 0.4) is 0 Å². The molecule has 6 aromatic carbocycles. The van der Waals surface area contributed by atoms with Crippen molar-refractivity contribution in [2.75, 3.05) is 0 Å². The summed E-state index contributed by atoms with van der Waals surface area (Å²) in [6, 6.07) is 48.3. The molecule has 8 aromatic rings. The highest BCUT2D eigenvalue weighted by atomic mass is 14.7. The predicted octanol–water partition coefficient (Wildman–Crippen LogP) is 10.9. The van der Waals surface area contributed by atoms with Crippen molar-refractivity contribution in [3.63, 3.8) is 0 Å². The Hall–Kier alpha value is -5.60. The second-order valence-electron chi connectivity index (χ2n) is 11.2. The van der Waals surface area contributed by atoms with E-state index in [1.165, 1.54) is 60.1 Å². The molecule has 0 unspecified atom stereocenters. The van der Waals surface area contributed by atoms with Gasteiger partial charge in [0.1, 0.15) is 0 Å². The summed E-state index contributed by atoms with van der Waals surface area (Å²) in [4.78, 5) is 9.00. The number of nitrogens with zero attached hydrogens (tertiary/aromatic N) is 2. The fourth-order valence-corrected chi connectivity index (χ4v) is 6.38. The first-order valence-corrected chi connectivity index (χ1v) is 14.6.